The van der Waals surface area contributed by atoms with Crippen LogP contribution < -0.4 is 0 Å². The van der Waals surface area contributed by atoms with Gasteiger partial charge in [0.1, 0.15) is 5.78 Å². The molecule has 0 N–H and O–H groups in total. The molecule has 0 spiro atoms. The molecule has 2 fully saturated rings. The normalized spacial score (nSPS) is 23.1. The number of carbonyl (C=O) groups excluding carboxylic acids is 2. The highest BCUT2D eigenvalue weighted by atomic mass is 16.2. The molecule has 90 valence electrons. The van der Waals surface area contributed by atoms with Gasteiger partial charge in [-0.1, -0.05) is 25.7 Å². The Hall–Kier alpha value is -0.860. The number of hydrogen-bond acceptors (Lipinski definition) is 2. The maximum absolute atomic E-state index is 11.5. The molecule has 2 rings (SSSR count). The average molecular weight is 223 g/mol. The molecule has 1 heterocycles. The molecular formula is C13H21NO2. The van der Waals surface area contributed by atoms with Crippen LogP contribution >= 0.6 is 0 Å². The minimum atomic E-state index is 0.0441. The van der Waals surface area contributed by atoms with Crippen molar-refractivity contribution in [1.29, 1.82) is 0 Å². The molecule has 1 saturated carbocycles. The van der Waals surface area contributed by atoms with E-state index < -0.39 is 0 Å². The highest BCUT2D eigenvalue weighted by molar-refractivity contribution is 6.00. The zero-order chi connectivity index (χ0) is 11.4. The summed E-state index contributed by atoms with van der Waals surface area (Å²) in [6, 6.07) is 0. The predicted molar refractivity (Wildman–Crippen MR) is 62.0 cm³/mol. The summed E-state index contributed by atoms with van der Waals surface area (Å²) in [4.78, 5) is 24.5. The second-order valence-corrected chi connectivity index (χ2v) is 5.14. The van der Waals surface area contributed by atoms with E-state index in [1.165, 1.54) is 32.1 Å². The molecule has 0 bridgehead atoms. The van der Waals surface area contributed by atoms with Crippen LogP contribution in [0.1, 0.15) is 51.4 Å². The zero-order valence-electron chi connectivity index (χ0n) is 9.91. The highest BCUT2D eigenvalue weighted by Gasteiger charge is 2.23. The van der Waals surface area contributed by atoms with E-state index in [-0.39, 0.29) is 18.1 Å². The first-order chi connectivity index (χ1) is 7.75. The van der Waals surface area contributed by atoms with Gasteiger partial charge in [0.2, 0.25) is 5.91 Å². The van der Waals surface area contributed by atoms with E-state index in [0.29, 0.717) is 13.0 Å². The molecule has 1 aliphatic heterocycles. The minimum Gasteiger partial charge on any atom is -0.342 e. The molecule has 2 aliphatic rings. The van der Waals surface area contributed by atoms with E-state index in [1.54, 1.807) is 0 Å². The summed E-state index contributed by atoms with van der Waals surface area (Å²) in [6.45, 7) is 1.52. The van der Waals surface area contributed by atoms with Crippen LogP contribution in [0.3, 0.4) is 0 Å². The minimum absolute atomic E-state index is 0.0441. The van der Waals surface area contributed by atoms with Crippen LogP contribution in [0.2, 0.25) is 0 Å². The van der Waals surface area contributed by atoms with E-state index in [2.05, 4.69) is 0 Å². The van der Waals surface area contributed by atoms with Gasteiger partial charge in [0.05, 0.1) is 6.42 Å². The summed E-state index contributed by atoms with van der Waals surface area (Å²) in [5, 5.41) is 0. The van der Waals surface area contributed by atoms with Gasteiger partial charge in [-0.3, -0.25) is 9.59 Å². The fourth-order valence-corrected chi connectivity index (χ4v) is 2.86. The number of Topliss-reactive ketones (excluding diaryl/α,β-unsaturated/α-hetero) is 1. The molecule has 0 aromatic rings. The Bertz CT molecular complexity index is 269. The fourth-order valence-electron chi connectivity index (χ4n) is 2.86. The maximum atomic E-state index is 11.5. The van der Waals surface area contributed by atoms with E-state index in [9.17, 15) is 9.59 Å². The summed E-state index contributed by atoms with van der Waals surface area (Å²) in [5.41, 5.74) is 0. The monoisotopic (exact) mass is 223 g/mol. The lowest BCUT2D eigenvalue weighted by atomic mass is 10.0. The molecule has 16 heavy (non-hydrogen) atoms. The van der Waals surface area contributed by atoms with Crippen LogP contribution in [0.5, 0.6) is 0 Å². The van der Waals surface area contributed by atoms with Gasteiger partial charge in [0.25, 0.3) is 0 Å². The molecule has 0 radical (unpaired) electrons. The van der Waals surface area contributed by atoms with Crippen molar-refractivity contribution in [3.05, 3.63) is 0 Å². The molecule has 0 unspecified atom stereocenters. The van der Waals surface area contributed by atoms with Crippen LogP contribution in [0.25, 0.3) is 0 Å². The number of amides is 1. The molecule has 1 amide bonds. The second-order valence-electron chi connectivity index (χ2n) is 5.14. The highest BCUT2D eigenvalue weighted by Crippen LogP contribution is 2.28. The number of hydrogen-bond donors (Lipinski definition) is 0. The number of carbonyl (C=O) groups is 2. The smallest absolute Gasteiger partial charge is 0.230 e. The van der Waals surface area contributed by atoms with Gasteiger partial charge >= 0.3 is 0 Å². The van der Waals surface area contributed by atoms with Crippen molar-refractivity contribution in [2.75, 3.05) is 13.1 Å². The van der Waals surface area contributed by atoms with Crippen LogP contribution in [0, 0.1) is 5.92 Å². The summed E-state index contributed by atoms with van der Waals surface area (Å²) in [6.07, 6.45) is 8.63. The van der Waals surface area contributed by atoms with Gasteiger partial charge in [-0.05, 0) is 18.8 Å². The summed E-state index contributed by atoms with van der Waals surface area (Å²) < 4.78 is 0. The van der Waals surface area contributed by atoms with Gasteiger partial charge in [-0.25, -0.2) is 0 Å². The lowest BCUT2D eigenvalue weighted by Crippen LogP contribution is -2.39. The van der Waals surface area contributed by atoms with Crippen molar-refractivity contribution in [3.63, 3.8) is 0 Å². The van der Waals surface area contributed by atoms with Gasteiger partial charge in [-0.15, -0.1) is 0 Å². The number of ketones is 1. The molecule has 0 aromatic carbocycles. The molecule has 0 atom stereocenters. The summed E-state index contributed by atoms with van der Waals surface area (Å²) in [5.74, 6) is 1.06. The molecule has 1 aliphatic carbocycles. The molecular weight excluding hydrogens is 202 g/mol. The third kappa shape index (κ3) is 3.06. The first-order valence-electron chi connectivity index (χ1n) is 6.55. The van der Waals surface area contributed by atoms with E-state index in [1.807, 2.05) is 4.90 Å². The van der Waals surface area contributed by atoms with Crippen LogP contribution in [0.4, 0.5) is 0 Å². The topological polar surface area (TPSA) is 37.4 Å². The van der Waals surface area contributed by atoms with Crippen LogP contribution in [-0.4, -0.2) is 29.7 Å². The van der Waals surface area contributed by atoms with E-state index >= 15 is 0 Å². The third-order valence-corrected chi connectivity index (χ3v) is 3.88. The number of likely N-dealkylation sites (tertiary alicyclic amines) is 1. The number of piperidine rings is 1. The Balaban J connectivity index is 1.65. The van der Waals surface area contributed by atoms with Gasteiger partial charge in [0, 0.05) is 19.5 Å². The van der Waals surface area contributed by atoms with E-state index in [0.717, 1.165) is 18.9 Å². The first-order valence-corrected chi connectivity index (χ1v) is 6.55. The van der Waals surface area contributed by atoms with Gasteiger partial charge < -0.3 is 4.90 Å². The average Bonchev–Trinajstić information content (AvgIpc) is 2.74. The van der Waals surface area contributed by atoms with Crippen molar-refractivity contribution in [2.45, 2.75) is 51.4 Å². The Morgan fingerprint density at radius 3 is 2.62 bits per heavy atom. The van der Waals surface area contributed by atoms with Gasteiger partial charge in [-0.2, -0.15) is 0 Å². The largest absolute Gasteiger partial charge is 0.342 e. The van der Waals surface area contributed by atoms with Crippen molar-refractivity contribution in [3.8, 4) is 0 Å². The quantitative estimate of drug-likeness (QED) is 0.685. The standard InChI is InChI=1S/C13H21NO2/c15-12-7-9-14(13(16)10-12)8-3-6-11-4-1-2-5-11/h11H,1-10H2. The third-order valence-electron chi connectivity index (χ3n) is 3.88. The Labute approximate surface area is 97.2 Å². The molecule has 3 nitrogen and oxygen atoms in total. The van der Waals surface area contributed by atoms with Crippen molar-refractivity contribution in [2.24, 2.45) is 5.92 Å². The summed E-state index contributed by atoms with van der Waals surface area (Å²) >= 11 is 0. The summed E-state index contributed by atoms with van der Waals surface area (Å²) in [7, 11) is 0. The van der Waals surface area contributed by atoms with E-state index in [4.69, 9.17) is 0 Å². The second kappa shape index (κ2) is 5.46. The van der Waals surface area contributed by atoms with Gasteiger partial charge in [0.15, 0.2) is 0 Å². The maximum Gasteiger partial charge on any atom is 0.230 e. The molecule has 0 aromatic heterocycles. The van der Waals surface area contributed by atoms with Crippen LogP contribution in [0.15, 0.2) is 0 Å². The Morgan fingerprint density at radius 2 is 1.94 bits per heavy atom. The Kier molecular flexibility index (Phi) is 3.97. The lowest BCUT2D eigenvalue weighted by Gasteiger charge is -2.26. The van der Waals surface area contributed by atoms with Crippen molar-refractivity contribution in [1.82, 2.24) is 4.90 Å². The van der Waals surface area contributed by atoms with Crippen molar-refractivity contribution >= 4 is 11.7 Å². The zero-order valence-corrected chi connectivity index (χ0v) is 9.91. The Morgan fingerprint density at radius 1 is 1.19 bits per heavy atom. The number of nitrogens with zero attached hydrogens (tertiary/aromatic N) is 1. The lowest BCUT2D eigenvalue weighted by molar-refractivity contribution is -0.139. The van der Waals surface area contributed by atoms with Crippen molar-refractivity contribution < 1.29 is 9.59 Å². The molecule has 3 heteroatoms. The SMILES string of the molecule is O=C1CCN(CCCC2CCCC2)C(=O)C1. The fraction of sp³-hybridized carbons (Fsp3) is 0.846. The number of rotatable bonds is 4. The predicted octanol–water partition coefficient (Wildman–Crippen LogP) is 2.15. The van der Waals surface area contributed by atoms with Crippen LogP contribution in [-0.2, 0) is 9.59 Å². The first kappa shape index (κ1) is 11.6. The molecule has 1 saturated heterocycles.